The van der Waals surface area contributed by atoms with E-state index in [9.17, 15) is 10.0 Å². The number of ether oxygens (including phenoxy) is 1. The van der Waals surface area contributed by atoms with E-state index in [0.717, 1.165) is 40.2 Å². The van der Waals surface area contributed by atoms with E-state index in [4.69, 9.17) is 10.5 Å². The van der Waals surface area contributed by atoms with Crippen LogP contribution in [0.5, 0.6) is 11.5 Å². The van der Waals surface area contributed by atoms with Crippen LogP contribution in [0.2, 0.25) is 0 Å². The Hall–Kier alpha value is -3.31. The van der Waals surface area contributed by atoms with E-state index in [1.165, 1.54) is 0 Å². The van der Waals surface area contributed by atoms with E-state index >= 15 is 0 Å². The Labute approximate surface area is 157 Å². The van der Waals surface area contributed by atoms with Gasteiger partial charge in [-0.3, -0.25) is 5.21 Å². The number of primary amides is 1. The van der Waals surface area contributed by atoms with Crippen LogP contribution < -0.4 is 10.5 Å². The summed E-state index contributed by atoms with van der Waals surface area (Å²) >= 11 is 0. The van der Waals surface area contributed by atoms with Gasteiger partial charge >= 0.3 is 6.03 Å². The lowest BCUT2D eigenvalue weighted by atomic mass is 10.1. The van der Waals surface area contributed by atoms with Crippen molar-refractivity contribution in [2.45, 2.75) is 18.9 Å². The van der Waals surface area contributed by atoms with Crippen molar-refractivity contribution in [1.29, 1.82) is 0 Å². The van der Waals surface area contributed by atoms with Crippen LogP contribution in [-0.2, 0) is 6.42 Å². The third-order valence-corrected chi connectivity index (χ3v) is 4.88. The van der Waals surface area contributed by atoms with Gasteiger partial charge in [-0.05, 0) is 59.4 Å². The lowest BCUT2D eigenvalue weighted by Gasteiger charge is -2.20. The van der Waals surface area contributed by atoms with E-state index in [0.29, 0.717) is 11.5 Å². The van der Waals surface area contributed by atoms with Gasteiger partial charge in [0.25, 0.3) is 0 Å². The Bertz CT molecular complexity index is 955. The van der Waals surface area contributed by atoms with E-state index in [1.807, 2.05) is 60.7 Å². The van der Waals surface area contributed by atoms with Crippen LogP contribution >= 0.6 is 0 Å². The molecule has 0 spiro atoms. The molecule has 0 saturated heterocycles. The summed E-state index contributed by atoms with van der Waals surface area (Å²) < 4.78 is 5.97. The fraction of sp³-hybridized carbons (Fsp3) is 0.136. The average molecular weight is 360 g/mol. The monoisotopic (exact) mass is 360 g/mol. The number of fused-ring (bicyclic) bond motifs is 1. The Morgan fingerprint density at radius 3 is 2.33 bits per heavy atom. The Morgan fingerprint density at radius 1 is 0.963 bits per heavy atom. The number of nitrogens with two attached hydrogens (primary N) is 1. The summed E-state index contributed by atoms with van der Waals surface area (Å²) in [7, 11) is 0. The van der Waals surface area contributed by atoms with Crippen molar-refractivity contribution in [2.75, 3.05) is 0 Å². The van der Waals surface area contributed by atoms with Crippen LogP contribution in [0.4, 0.5) is 4.79 Å². The van der Waals surface area contributed by atoms with Gasteiger partial charge < -0.3 is 10.5 Å². The Balaban J connectivity index is 1.50. The predicted molar refractivity (Wildman–Crippen MR) is 103 cm³/mol. The molecule has 0 aromatic heterocycles. The number of carbonyl (C=O) groups excluding carboxylic acids is 1. The predicted octanol–water partition coefficient (Wildman–Crippen LogP) is 4.90. The number of urea groups is 1. The summed E-state index contributed by atoms with van der Waals surface area (Å²) in [4.78, 5) is 11.2. The number of aryl methyl sites for hydroxylation is 1. The molecular formula is C22H20N2O3. The molecule has 0 fully saturated rings. The van der Waals surface area contributed by atoms with Gasteiger partial charge in [0.15, 0.2) is 0 Å². The van der Waals surface area contributed by atoms with Crippen LogP contribution in [0.1, 0.15) is 23.6 Å². The summed E-state index contributed by atoms with van der Waals surface area (Å²) in [6, 6.07) is 22.6. The van der Waals surface area contributed by atoms with Crippen molar-refractivity contribution in [3.63, 3.8) is 0 Å². The van der Waals surface area contributed by atoms with Gasteiger partial charge in [-0.15, -0.1) is 0 Å². The molecular weight excluding hydrogens is 340 g/mol. The molecule has 5 heteroatoms. The molecule has 1 aliphatic rings. The molecule has 1 aliphatic carbocycles. The van der Waals surface area contributed by atoms with E-state index in [2.05, 4.69) is 12.1 Å². The number of nitrogens with zero attached hydrogens (tertiary/aromatic N) is 1. The van der Waals surface area contributed by atoms with Crippen molar-refractivity contribution >= 4 is 6.03 Å². The zero-order valence-electron chi connectivity index (χ0n) is 14.7. The molecule has 3 aromatic rings. The van der Waals surface area contributed by atoms with Gasteiger partial charge in [-0.1, -0.05) is 48.5 Å². The van der Waals surface area contributed by atoms with Crippen LogP contribution in [0, 0.1) is 0 Å². The maximum Gasteiger partial charge on any atom is 0.339 e. The molecule has 136 valence electrons. The van der Waals surface area contributed by atoms with E-state index in [1.54, 1.807) is 0 Å². The SMILES string of the molecule is NC(=O)N(O)C1CCc2cc(Oc3ccc(-c4ccccc4)cc3)ccc21. The minimum atomic E-state index is -0.841. The summed E-state index contributed by atoms with van der Waals surface area (Å²) in [6.45, 7) is 0. The largest absolute Gasteiger partial charge is 0.457 e. The number of benzene rings is 3. The first-order valence-electron chi connectivity index (χ1n) is 8.85. The van der Waals surface area contributed by atoms with Crippen molar-refractivity contribution < 1.29 is 14.7 Å². The second-order valence-corrected chi connectivity index (χ2v) is 6.59. The quantitative estimate of drug-likeness (QED) is 0.513. The standard InChI is InChI=1S/C22H20N2O3/c23-22(25)24(26)21-13-8-17-14-19(11-12-20(17)21)27-18-9-6-16(7-10-18)15-4-2-1-3-5-15/h1-7,9-12,14,21,26H,8,13H2,(H2,23,25). The maximum atomic E-state index is 11.2. The third kappa shape index (κ3) is 3.50. The van der Waals surface area contributed by atoms with Gasteiger partial charge in [-0.2, -0.15) is 5.06 Å². The Morgan fingerprint density at radius 2 is 1.63 bits per heavy atom. The van der Waals surface area contributed by atoms with Crippen molar-refractivity contribution in [3.05, 3.63) is 83.9 Å². The van der Waals surface area contributed by atoms with Gasteiger partial charge in [0.2, 0.25) is 0 Å². The molecule has 5 nitrogen and oxygen atoms in total. The molecule has 0 radical (unpaired) electrons. The molecule has 0 saturated carbocycles. The highest BCUT2D eigenvalue weighted by Gasteiger charge is 2.29. The second-order valence-electron chi connectivity index (χ2n) is 6.59. The second kappa shape index (κ2) is 7.13. The molecule has 3 aromatic carbocycles. The average Bonchev–Trinajstić information content (AvgIpc) is 3.11. The zero-order valence-corrected chi connectivity index (χ0v) is 14.7. The van der Waals surface area contributed by atoms with Crippen LogP contribution in [-0.4, -0.2) is 16.3 Å². The summed E-state index contributed by atoms with van der Waals surface area (Å²) in [6.07, 6.45) is 1.40. The first kappa shape index (κ1) is 17.1. The zero-order chi connectivity index (χ0) is 18.8. The number of hydrogen-bond donors (Lipinski definition) is 2. The number of amides is 2. The normalized spacial score (nSPS) is 15.2. The Kier molecular flexibility index (Phi) is 4.52. The highest BCUT2D eigenvalue weighted by Crippen LogP contribution is 2.37. The fourth-order valence-electron chi connectivity index (χ4n) is 3.52. The van der Waals surface area contributed by atoms with Crippen LogP contribution in [0.3, 0.4) is 0 Å². The van der Waals surface area contributed by atoms with Gasteiger partial charge in [0.1, 0.15) is 11.5 Å². The lowest BCUT2D eigenvalue weighted by Crippen LogP contribution is -2.35. The van der Waals surface area contributed by atoms with Crippen molar-refractivity contribution in [2.24, 2.45) is 5.73 Å². The van der Waals surface area contributed by atoms with Crippen LogP contribution in [0.15, 0.2) is 72.8 Å². The minimum absolute atomic E-state index is 0.392. The fourth-order valence-corrected chi connectivity index (χ4v) is 3.52. The third-order valence-electron chi connectivity index (χ3n) is 4.88. The van der Waals surface area contributed by atoms with Gasteiger partial charge in [0, 0.05) is 0 Å². The first-order chi connectivity index (χ1) is 13.1. The number of carbonyl (C=O) groups is 1. The molecule has 0 heterocycles. The van der Waals surface area contributed by atoms with Crippen molar-refractivity contribution in [1.82, 2.24) is 5.06 Å². The maximum absolute atomic E-state index is 11.2. The molecule has 2 amide bonds. The number of hydrogen-bond acceptors (Lipinski definition) is 3. The highest BCUT2D eigenvalue weighted by molar-refractivity contribution is 5.71. The smallest absolute Gasteiger partial charge is 0.339 e. The van der Waals surface area contributed by atoms with E-state index in [-0.39, 0.29) is 0 Å². The molecule has 3 N–H and O–H groups in total. The van der Waals surface area contributed by atoms with E-state index < -0.39 is 12.1 Å². The molecule has 1 atom stereocenters. The minimum Gasteiger partial charge on any atom is -0.457 e. The molecule has 0 aliphatic heterocycles. The summed E-state index contributed by atoms with van der Waals surface area (Å²) in [5, 5.41) is 10.4. The molecule has 27 heavy (non-hydrogen) atoms. The summed E-state index contributed by atoms with van der Waals surface area (Å²) in [5.74, 6) is 1.48. The summed E-state index contributed by atoms with van der Waals surface area (Å²) in [5.41, 5.74) is 9.43. The lowest BCUT2D eigenvalue weighted by molar-refractivity contribution is -0.0757. The molecule has 0 bridgehead atoms. The molecule has 4 rings (SSSR count). The van der Waals surface area contributed by atoms with Gasteiger partial charge in [0.05, 0.1) is 6.04 Å². The molecule has 1 unspecified atom stereocenters. The highest BCUT2D eigenvalue weighted by atomic mass is 16.5. The first-order valence-corrected chi connectivity index (χ1v) is 8.85. The van der Waals surface area contributed by atoms with Gasteiger partial charge in [-0.25, -0.2) is 4.79 Å². The van der Waals surface area contributed by atoms with Crippen LogP contribution in [0.25, 0.3) is 11.1 Å². The number of hydroxylamine groups is 2. The number of rotatable bonds is 4. The topological polar surface area (TPSA) is 75.8 Å². The van der Waals surface area contributed by atoms with Crippen molar-refractivity contribution in [3.8, 4) is 22.6 Å².